The molecule has 4 aromatic rings. The third kappa shape index (κ3) is 2.68. The summed E-state index contributed by atoms with van der Waals surface area (Å²) in [6.07, 6.45) is 0. The number of carbonyl (C=O) groups excluding carboxylic acids is 1. The molecule has 2 N–H and O–H groups in total. The van der Waals surface area contributed by atoms with Gasteiger partial charge in [0, 0.05) is 5.69 Å². The molecule has 3 heteroatoms. The predicted octanol–water partition coefficient (Wildman–Crippen LogP) is 5.57. The molecule has 0 saturated carbocycles. The van der Waals surface area contributed by atoms with E-state index in [-0.39, 0.29) is 17.2 Å². The maximum atomic E-state index is 12.8. The number of aromatic hydroxyl groups is 1. The van der Waals surface area contributed by atoms with Gasteiger partial charge in [-0.25, -0.2) is 0 Å². The van der Waals surface area contributed by atoms with Gasteiger partial charge in [0.05, 0.1) is 5.56 Å². The highest BCUT2D eigenvalue weighted by molar-refractivity contribution is 6.11. The number of para-hydroxylation sites is 1. The van der Waals surface area contributed by atoms with Crippen LogP contribution in [0, 0.1) is 13.8 Å². The number of nitrogens with one attached hydrogen (secondary N) is 1. The molecule has 0 unspecified atom stereocenters. The maximum Gasteiger partial charge on any atom is 0.259 e. The lowest BCUT2D eigenvalue weighted by atomic mass is 9.96. The van der Waals surface area contributed by atoms with Gasteiger partial charge in [-0.3, -0.25) is 4.79 Å². The topological polar surface area (TPSA) is 49.3 Å². The lowest BCUT2D eigenvalue weighted by molar-refractivity contribution is 0.102. The number of anilines is 1. The molecule has 0 atom stereocenters. The lowest BCUT2D eigenvalue weighted by Gasteiger charge is -2.13. The van der Waals surface area contributed by atoms with Crippen molar-refractivity contribution >= 4 is 33.1 Å². The standard InChI is InChI=1S/C23H19NO2/c1-14-7-3-6-10-21(14)24-23(26)20-13-18-11-16-8-4-5-9-17(16)12-19(18)15(2)22(20)25/h3-13,25H,1-2H3,(H,24,26). The van der Waals surface area contributed by atoms with Gasteiger partial charge in [-0.05, 0) is 70.8 Å². The molecule has 4 rings (SSSR count). The number of amides is 1. The third-order valence-electron chi connectivity index (χ3n) is 4.87. The summed E-state index contributed by atoms with van der Waals surface area (Å²) >= 11 is 0. The normalized spacial score (nSPS) is 11.0. The molecule has 4 aromatic carbocycles. The summed E-state index contributed by atoms with van der Waals surface area (Å²) in [4.78, 5) is 12.8. The third-order valence-corrected chi connectivity index (χ3v) is 4.87. The van der Waals surface area contributed by atoms with Gasteiger partial charge < -0.3 is 10.4 Å². The SMILES string of the molecule is Cc1ccccc1NC(=O)c1cc2cc3ccccc3cc2c(C)c1O. The molecule has 0 aromatic heterocycles. The summed E-state index contributed by atoms with van der Waals surface area (Å²) < 4.78 is 0. The van der Waals surface area contributed by atoms with E-state index >= 15 is 0 Å². The smallest absolute Gasteiger partial charge is 0.259 e. The monoisotopic (exact) mass is 341 g/mol. The van der Waals surface area contributed by atoms with Crippen molar-refractivity contribution in [2.75, 3.05) is 5.32 Å². The Morgan fingerprint density at radius 3 is 2.23 bits per heavy atom. The van der Waals surface area contributed by atoms with E-state index in [2.05, 4.69) is 17.4 Å². The summed E-state index contributed by atoms with van der Waals surface area (Å²) in [5, 5.41) is 17.6. The van der Waals surface area contributed by atoms with Crippen molar-refractivity contribution in [2.24, 2.45) is 0 Å². The highest BCUT2D eigenvalue weighted by Gasteiger charge is 2.17. The lowest BCUT2D eigenvalue weighted by Crippen LogP contribution is -2.13. The number of fused-ring (bicyclic) bond motifs is 2. The zero-order valence-electron chi connectivity index (χ0n) is 14.7. The predicted molar refractivity (Wildman–Crippen MR) is 107 cm³/mol. The molecular formula is C23H19NO2. The molecular weight excluding hydrogens is 322 g/mol. The number of hydrogen-bond acceptors (Lipinski definition) is 2. The number of rotatable bonds is 2. The Balaban J connectivity index is 1.84. The Hall–Kier alpha value is -3.33. The summed E-state index contributed by atoms with van der Waals surface area (Å²) in [6, 6.07) is 21.5. The average Bonchev–Trinajstić information content (AvgIpc) is 2.65. The molecule has 3 nitrogen and oxygen atoms in total. The summed E-state index contributed by atoms with van der Waals surface area (Å²) in [5.41, 5.74) is 2.72. The van der Waals surface area contributed by atoms with E-state index in [1.165, 1.54) is 0 Å². The molecule has 0 radical (unpaired) electrons. The van der Waals surface area contributed by atoms with Crippen LogP contribution < -0.4 is 5.32 Å². The zero-order valence-corrected chi connectivity index (χ0v) is 14.7. The van der Waals surface area contributed by atoms with Crippen LogP contribution in [0.5, 0.6) is 5.75 Å². The van der Waals surface area contributed by atoms with E-state index in [4.69, 9.17) is 0 Å². The maximum absolute atomic E-state index is 12.8. The fourth-order valence-electron chi connectivity index (χ4n) is 3.33. The zero-order chi connectivity index (χ0) is 18.3. The Bertz CT molecular complexity index is 1160. The van der Waals surface area contributed by atoms with Crippen molar-refractivity contribution < 1.29 is 9.90 Å². The first-order chi connectivity index (χ1) is 12.5. The van der Waals surface area contributed by atoms with E-state index in [1.807, 2.05) is 62.4 Å². The van der Waals surface area contributed by atoms with Gasteiger partial charge in [0.15, 0.2) is 0 Å². The Labute approximate surface area is 151 Å². The van der Waals surface area contributed by atoms with Crippen LogP contribution in [0.1, 0.15) is 21.5 Å². The van der Waals surface area contributed by atoms with Crippen LogP contribution in [0.25, 0.3) is 21.5 Å². The molecule has 0 aliphatic carbocycles. The number of aryl methyl sites for hydroxylation is 2. The first-order valence-electron chi connectivity index (χ1n) is 8.56. The van der Waals surface area contributed by atoms with Gasteiger partial charge >= 0.3 is 0 Å². The molecule has 128 valence electrons. The average molecular weight is 341 g/mol. The number of phenols is 1. The largest absolute Gasteiger partial charge is 0.507 e. The van der Waals surface area contributed by atoms with E-state index in [0.717, 1.165) is 32.8 Å². The molecule has 0 spiro atoms. The van der Waals surface area contributed by atoms with Crippen LogP contribution >= 0.6 is 0 Å². The van der Waals surface area contributed by atoms with Gasteiger partial charge in [-0.2, -0.15) is 0 Å². The number of benzene rings is 4. The van der Waals surface area contributed by atoms with Crippen molar-refractivity contribution in [3.8, 4) is 5.75 Å². The number of hydrogen-bond donors (Lipinski definition) is 2. The molecule has 0 bridgehead atoms. The highest BCUT2D eigenvalue weighted by Crippen LogP contribution is 2.34. The van der Waals surface area contributed by atoms with Crippen molar-refractivity contribution in [1.29, 1.82) is 0 Å². The molecule has 0 heterocycles. The van der Waals surface area contributed by atoms with Gasteiger partial charge in [0.25, 0.3) is 5.91 Å². The molecule has 0 fully saturated rings. The molecule has 26 heavy (non-hydrogen) atoms. The Kier molecular flexibility index (Phi) is 3.85. The fourth-order valence-corrected chi connectivity index (χ4v) is 3.33. The minimum Gasteiger partial charge on any atom is -0.507 e. The first kappa shape index (κ1) is 16.2. The van der Waals surface area contributed by atoms with Crippen molar-refractivity contribution in [3.63, 3.8) is 0 Å². The highest BCUT2D eigenvalue weighted by atomic mass is 16.3. The summed E-state index contributed by atoms with van der Waals surface area (Å²) in [7, 11) is 0. The molecule has 0 aliphatic rings. The van der Waals surface area contributed by atoms with Crippen LogP contribution in [0.15, 0.2) is 66.7 Å². The minimum absolute atomic E-state index is 0.0267. The van der Waals surface area contributed by atoms with E-state index in [9.17, 15) is 9.90 Å². The van der Waals surface area contributed by atoms with Crippen LogP contribution in [-0.2, 0) is 0 Å². The fraction of sp³-hybridized carbons (Fsp3) is 0.0870. The van der Waals surface area contributed by atoms with Crippen molar-refractivity contribution in [2.45, 2.75) is 13.8 Å². The number of carbonyl (C=O) groups is 1. The minimum atomic E-state index is -0.310. The quantitative estimate of drug-likeness (QED) is 0.468. The van der Waals surface area contributed by atoms with Crippen molar-refractivity contribution in [1.82, 2.24) is 0 Å². The van der Waals surface area contributed by atoms with Gasteiger partial charge in [0.1, 0.15) is 5.75 Å². The summed E-state index contributed by atoms with van der Waals surface area (Å²) in [6.45, 7) is 3.78. The molecule has 0 saturated heterocycles. The molecule has 1 amide bonds. The number of phenolic OH excluding ortho intramolecular Hbond substituents is 1. The second-order valence-corrected chi connectivity index (χ2v) is 6.59. The molecule has 0 aliphatic heterocycles. The van der Waals surface area contributed by atoms with E-state index in [1.54, 1.807) is 6.07 Å². The van der Waals surface area contributed by atoms with Gasteiger partial charge in [-0.1, -0.05) is 42.5 Å². The first-order valence-corrected chi connectivity index (χ1v) is 8.56. The second kappa shape index (κ2) is 6.19. The van der Waals surface area contributed by atoms with Crippen LogP contribution in [0.2, 0.25) is 0 Å². The van der Waals surface area contributed by atoms with E-state index in [0.29, 0.717) is 5.56 Å². The Morgan fingerprint density at radius 2 is 1.50 bits per heavy atom. The van der Waals surface area contributed by atoms with Crippen molar-refractivity contribution in [3.05, 3.63) is 83.4 Å². The van der Waals surface area contributed by atoms with Crippen LogP contribution in [0.3, 0.4) is 0 Å². The van der Waals surface area contributed by atoms with Crippen LogP contribution in [0.4, 0.5) is 5.69 Å². The van der Waals surface area contributed by atoms with E-state index < -0.39 is 0 Å². The summed E-state index contributed by atoms with van der Waals surface area (Å²) in [5.74, 6) is -0.283. The van der Waals surface area contributed by atoms with Gasteiger partial charge in [-0.15, -0.1) is 0 Å². The van der Waals surface area contributed by atoms with Crippen LogP contribution in [-0.4, -0.2) is 11.0 Å². The Morgan fingerprint density at radius 1 is 0.846 bits per heavy atom. The van der Waals surface area contributed by atoms with Gasteiger partial charge in [0.2, 0.25) is 0 Å². The second-order valence-electron chi connectivity index (χ2n) is 6.59.